The fourth-order valence-electron chi connectivity index (χ4n) is 3.27. The van der Waals surface area contributed by atoms with Crippen LogP contribution in [-0.2, 0) is 6.42 Å². The number of nitrogens with one attached hydrogen (secondary N) is 2. The van der Waals surface area contributed by atoms with Crippen LogP contribution in [0.2, 0.25) is 0 Å². The number of nitrogens with zero attached hydrogens (tertiary/aromatic N) is 5. The standard InChI is InChI=1S/C19H17N7O3/c27-19(14-6-3-9-20-11-14)24-23-17-16(26(28)29)18(22-12-21-17)25-10-4-7-13-5-1-2-8-15(13)25/h1-3,5-6,8-9,11-12H,4,7,10H2,(H,24,27)(H,21,22,23). The zero-order valence-corrected chi connectivity index (χ0v) is 15.3. The maximum atomic E-state index is 12.2. The number of hydrogen-bond acceptors (Lipinski definition) is 8. The summed E-state index contributed by atoms with van der Waals surface area (Å²) in [4.78, 5) is 37.3. The van der Waals surface area contributed by atoms with Gasteiger partial charge in [-0.25, -0.2) is 9.97 Å². The lowest BCUT2D eigenvalue weighted by Gasteiger charge is -2.30. The predicted molar refractivity (Wildman–Crippen MR) is 106 cm³/mol. The first-order valence-corrected chi connectivity index (χ1v) is 8.96. The van der Waals surface area contributed by atoms with Gasteiger partial charge in [-0.1, -0.05) is 18.2 Å². The Morgan fingerprint density at radius 3 is 2.83 bits per heavy atom. The van der Waals surface area contributed by atoms with Crippen molar-refractivity contribution in [2.45, 2.75) is 12.8 Å². The Morgan fingerprint density at radius 2 is 2.03 bits per heavy atom. The average Bonchev–Trinajstić information content (AvgIpc) is 2.77. The van der Waals surface area contributed by atoms with Gasteiger partial charge >= 0.3 is 5.69 Å². The van der Waals surface area contributed by atoms with E-state index in [4.69, 9.17) is 0 Å². The van der Waals surface area contributed by atoms with Gasteiger partial charge < -0.3 is 4.90 Å². The molecule has 146 valence electrons. The third-order valence-corrected chi connectivity index (χ3v) is 4.57. The number of nitro groups is 1. The second-order valence-corrected chi connectivity index (χ2v) is 6.36. The van der Waals surface area contributed by atoms with Crippen LogP contribution >= 0.6 is 0 Å². The van der Waals surface area contributed by atoms with Crippen LogP contribution in [0.15, 0.2) is 55.1 Å². The predicted octanol–water partition coefficient (Wildman–Crippen LogP) is 2.62. The SMILES string of the molecule is O=C(NNc1ncnc(N2CCCc3ccccc32)c1[N+](=O)[O-])c1cccnc1. The normalized spacial score (nSPS) is 12.8. The number of anilines is 3. The largest absolute Gasteiger partial charge is 0.355 e. The number of carbonyl (C=O) groups excluding carboxylic acids is 1. The molecule has 3 aromatic rings. The smallest absolute Gasteiger partial charge is 0.320 e. The van der Waals surface area contributed by atoms with E-state index in [0.717, 1.165) is 24.1 Å². The van der Waals surface area contributed by atoms with Gasteiger partial charge in [-0.15, -0.1) is 0 Å². The van der Waals surface area contributed by atoms with Crippen LogP contribution in [0.25, 0.3) is 0 Å². The lowest BCUT2D eigenvalue weighted by atomic mass is 10.0. The Labute approximate surface area is 165 Å². The highest BCUT2D eigenvalue weighted by molar-refractivity contribution is 5.94. The first-order valence-electron chi connectivity index (χ1n) is 8.96. The zero-order chi connectivity index (χ0) is 20.2. The van der Waals surface area contributed by atoms with Crippen LogP contribution in [0.3, 0.4) is 0 Å². The van der Waals surface area contributed by atoms with Gasteiger partial charge in [0.25, 0.3) is 5.91 Å². The lowest BCUT2D eigenvalue weighted by molar-refractivity contribution is -0.383. The minimum absolute atomic E-state index is 0.0969. The number of pyridine rings is 1. The maximum Gasteiger partial charge on any atom is 0.355 e. The van der Waals surface area contributed by atoms with Crippen molar-refractivity contribution in [2.75, 3.05) is 16.9 Å². The molecular weight excluding hydrogens is 374 g/mol. The fraction of sp³-hybridized carbons (Fsp3) is 0.158. The molecule has 0 bridgehead atoms. The summed E-state index contributed by atoms with van der Waals surface area (Å²) in [6.45, 7) is 0.594. The van der Waals surface area contributed by atoms with E-state index in [1.54, 1.807) is 18.3 Å². The highest BCUT2D eigenvalue weighted by Gasteiger charge is 2.30. The number of benzene rings is 1. The second-order valence-electron chi connectivity index (χ2n) is 6.36. The molecule has 10 nitrogen and oxygen atoms in total. The number of carbonyl (C=O) groups is 1. The van der Waals surface area contributed by atoms with E-state index in [1.807, 2.05) is 29.2 Å². The molecule has 1 amide bonds. The highest BCUT2D eigenvalue weighted by atomic mass is 16.6. The van der Waals surface area contributed by atoms with Crippen molar-refractivity contribution < 1.29 is 9.72 Å². The quantitative estimate of drug-likeness (QED) is 0.502. The van der Waals surface area contributed by atoms with Crippen molar-refractivity contribution in [3.63, 3.8) is 0 Å². The zero-order valence-electron chi connectivity index (χ0n) is 15.3. The Morgan fingerprint density at radius 1 is 1.17 bits per heavy atom. The van der Waals surface area contributed by atoms with Crippen molar-refractivity contribution in [2.24, 2.45) is 0 Å². The van der Waals surface area contributed by atoms with E-state index in [2.05, 4.69) is 25.8 Å². The third-order valence-electron chi connectivity index (χ3n) is 4.57. The molecular formula is C19H17N7O3. The molecule has 0 aliphatic carbocycles. The van der Waals surface area contributed by atoms with Crippen molar-refractivity contribution in [1.82, 2.24) is 20.4 Å². The molecule has 0 spiro atoms. The van der Waals surface area contributed by atoms with Gasteiger partial charge in [0.1, 0.15) is 6.33 Å². The third kappa shape index (κ3) is 3.68. The molecule has 3 heterocycles. The highest BCUT2D eigenvalue weighted by Crippen LogP contribution is 2.39. The summed E-state index contributed by atoms with van der Waals surface area (Å²) in [5.74, 6) is -0.411. The van der Waals surface area contributed by atoms with Crippen molar-refractivity contribution in [3.8, 4) is 0 Å². The molecule has 0 saturated heterocycles. The molecule has 0 unspecified atom stereocenters. The number of rotatable bonds is 5. The summed E-state index contributed by atoms with van der Waals surface area (Å²) in [6.07, 6.45) is 5.92. The van der Waals surface area contributed by atoms with Crippen LogP contribution < -0.4 is 15.8 Å². The van der Waals surface area contributed by atoms with Gasteiger partial charge in [-0.05, 0) is 36.6 Å². The Balaban J connectivity index is 1.66. The van der Waals surface area contributed by atoms with Crippen LogP contribution in [-0.4, -0.2) is 32.3 Å². The van der Waals surface area contributed by atoms with Crippen LogP contribution in [0.1, 0.15) is 22.3 Å². The molecule has 0 saturated carbocycles. The van der Waals surface area contributed by atoms with Crippen molar-refractivity contribution >= 4 is 28.9 Å². The molecule has 1 aliphatic rings. The molecule has 2 N–H and O–H groups in total. The van der Waals surface area contributed by atoms with E-state index in [0.29, 0.717) is 12.1 Å². The van der Waals surface area contributed by atoms with E-state index in [-0.39, 0.29) is 17.3 Å². The monoisotopic (exact) mass is 391 g/mol. The Hall–Kier alpha value is -4.08. The van der Waals surface area contributed by atoms with E-state index < -0.39 is 10.8 Å². The average molecular weight is 391 g/mol. The minimum Gasteiger partial charge on any atom is -0.320 e. The van der Waals surface area contributed by atoms with Gasteiger partial charge in [0.15, 0.2) is 0 Å². The molecule has 1 aliphatic heterocycles. The number of hydrogen-bond donors (Lipinski definition) is 2. The van der Waals surface area contributed by atoms with E-state index >= 15 is 0 Å². The molecule has 0 atom stereocenters. The van der Waals surface area contributed by atoms with Crippen LogP contribution in [0.4, 0.5) is 23.0 Å². The van der Waals surface area contributed by atoms with Crippen molar-refractivity contribution in [1.29, 1.82) is 0 Å². The van der Waals surface area contributed by atoms with E-state index in [9.17, 15) is 14.9 Å². The molecule has 29 heavy (non-hydrogen) atoms. The Bertz CT molecular complexity index is 1060. The molecule has 0 radical (unpaired) electrons. The minimum atomic E-state index is -0.550. The number of amides is 1. The summed E-state index contributed by atoms with van der Waals surface area (Å²) in [5, 5.41) is 11.8. The first kappa shape index (κ1) is 18.3. The van der Waals surface area contributed by atoms with Crippen LogP contribution in [0, 0.1) is 10.1 Å². The fourth-order valence-corrected chi connectivity index (χ4v) is 3.27. The van der Waals surface area contributed by atoms with Gasteiger partial charge in [0.2, 0.25) is 11.6 Å². The number of fused-ring (bicyclic) bond motifs is 1. The number of hydrazine groups is 1. The first-order chi connectivity index (χ1) is 14.1. The van der Waals surface area contributed by atoms with Gasteiger partial charge in [0, 0.05) is 24.6 Å². The summed E-state index contributed by atoms with van der Waals surface area (Å²) in [6, 6.07) is 10.9. The van der Waals surface area contributed by atoms with Crippen LogP contribution in [0.5, 0.6) is 0 Å². The molecule has 1 aromatic carbocycles. The number of aromatic nitrogens is 3. The van der Waals surface area contributed by atoms with Gasteiger partial charge in [-0.3, -0.25) is 30.7 Å². The topological polar surface area (TPSA) is 126 Å². The van der Waals surface area contributed by atoms with Gasteiger partial charge in [-0.2, -0.15) is 0 Å². The molecule has 2 aromatic heterocycles. The second kappa shape index (κ2) is 7.89. The summed E-state index contributed by atoms with van der Waals surface area (Å²) in [7, 11) is 0. The molecule has 4 rings (SSSR count). The van der Waals surface area contributed by atoms with Crippen molar-refractivity contribution in [3.05, 3.63) is 76.4 Å². The summed E-state index contributed by atoms with van der Waals surface area (Å²) >= 11 is 0. The Kier molecular flexibility index (Phi) is 4.97. The van der Waals surface area contributed by atoms with E-state index in [1.165, 1.54) is 12.5 Å². The number of aryl methyl sites for hydroxylation is 1. The summed E-state index contributed by atoms with van der Waals surface area (Å²) < 4.78 is 0. The summed E-state index contributed by atoms with van der Waals surface area (Å²) in [5.41, 5.74) is 6.95. The number of para-hydroxylation sites is 1. The maximum absolute atomic E-state index is 12.2. The molecule has 0 fully saturated rings. The molecule has 10 heteroatoms. The van der Waals surface area contributed by atoms with Gasteiger partial charge in [0.05, 0.1) is 10.5 Å². The lowest BCUT2D eigenvalue weighted by Crippen LogP contribution is -2.31.